The number of nitrogens with one attached hydrogen (secondary N) is 1. The Hall–Kier alpha value is -0.780. The van der Waals surface area contributed by atoms with Crippen LogP contribution in [0.15, 0.2) is 22.7 Å². The van der Waals surface area contributed by atoms with E-state index in [2.05, 4.69) is 21.2 Å². The van der Waals surface area contributed by atoms with Crippen molar-refractivity contribution in [2.24, 2.45) is 0 Å². The topological polar surface area (TPSA) is 41.6 Å². The molecule has 1 aromatic rings. The van der Waals surface area contributed by atoms with Gasteiger partial charge in [0, 0.05) is 30.1 Å². The van der Waals surface area contributed by atoms with Crippen molar-refractivity contribution in [3.8, 4) is 0 Å². The maximum absolute atomic E-state index is 12.0. The number of nitrogens with zero attached hydrogens (tertiary/aromatic N) is 1. The molecule has 4 nitrogen and oxygen atoms in total. The van der Waals surface area contributed by atoms with Crippen molar-refractivity contribution in [1.82, 2.24) is 10.2 Å². The Kier molecular flexibility index (Phi) is 6.34. The monoisotopic (exact) mass is 402 g/mol. The summed E-state index contributed by atoms with van der Waals surface area (Å²) in [5.41, 5.74) is 0.754. The summed E-state index contributed by atoms with van der Waals surface area (Å²) in [6, 6.07) is 6.37. The molecule has 1 amide bonds. The lowest BCUT2D eigenvalue weighted by molar-refractivity contribution is 0.0198. The van der Waals surface area contributed by atoms with E-state index in [1.165, 1.54) is 5.56 Å². The number of rotatable bonds is 3. The molecule has 2 rings (SSSR count). The summed E-state index contributed by atoms with van der Waals surface area (Å²) >= 11 is 9.45. The summed E-state index contributed by atoms with van der Waals surface area (Å²) in [5.74, 6) is 0. The van der Waals surface area contributed by atoms with Crippen LogP contribution in [0.5, 0.6) is 0 Å². The highest BCUT2D eigenvalue weighted by Crippen LogP contribution is 2.23. The van der Waals surface area contributed by atoms with Crippen LogP contribution in [0, 0.1) is 0 Å². The summed E-state index contributed by atoms with van der Waals surface area (Å²) < 4.78 is 6.33. The van der Waals surface area contributed by atoms with E-state index in [4.69, 9.17) is 16.3 Å². The van der Waals surface area contributed by atoms with Gasteiger partial charge in [0.1, 0.15) is 5.60 Å². The molecule has 1 aliphatic heterocycles. The first-order valence-corrected chi connectivity index (χ1v) is 9.07. The maximum Gasteiger partial charge on any atom is 0.410 e. The maximum atomic E-state index is 12.0. The van der Waals surface area contributed by atoms with Gasteiger partial charge in [0.25, 0.3) is 0 Å². The van der Waals surface area contributed by atoms with Gasteiger partial charge in [-0.25, -0.2) is 4.79 Å². The highest BCUT2D eigenvalue weighted by atomic mass is 79.9. The Morgan fingerprint density at radius 1 is 1.39 bits per heavy atom. The van der Waals surface area contributed by atoms with Crippen LogP contribution in [-0.4, -0.2) is 35.7 Å². The highest BCUT2D eigenvalue weighted by Gasteiger charge is 2.26. The molecule has 0 saturated carbocycles. The SMILES string of the molecule is CC(C)(C)OC(=O)N1CCC(NCc2ccc(Cl)c(Br)c2)CC1. The molecule has 0 bridgehead atoms. The average Bonchev–Trinajstić information content (AvgIpc) is 2.47. The fourth-order valence-corrected chi connectivity index (χ4v) is 3.05. The zero-order valence-corrected chi connectivity index (χ0v) is 16.2. The smallest absolute Gasteiger partial charge is 0.410 e. The first-order valence-electron chi connectivity index (χ1n) is 7.90. The number of likely N-dealkylation sites (tertiary alicyclic amines) is 1. The van der Waals surface area contributed by atoms with E-state index >= 15 is 0 Å². The van der Waals surface area contributed by atoms with Gasteiger partial charge in [-0.15, -0.1) is 0 Å². The van der Waals surface area contributed by atoms with Gasteiger partial charge in [0.05, 0.1) is 5.02 Å². The molecule has 128 valence electrons. The molecule has 0 aromatic heterocycles. The van der Waals surface area contributed by atoms with Gasteiger partial charge in [-0.2, -0.15) is 0 Å². The molecule has 1 aromatic carbocycles. The minimum atomic E-state index is -0.436. The molecular weight excluding hydrogens is 380 g/mol. The van der Waals surface area contributed by atoms with Crippen LogP contribution in [0.1, 0.15) is 39.2 Å². The summed E-state index contributed by atoms with van der Waals surface area (Å²) in [6.07, 6.45) is 1.67. The van der Waals surface area contributed by atoms with E-state index < -0.39 is 5.60 Å². The second-order valence-electron chi connectivity index (χ2n) is 6.87. The summed E-state index contributed by atoms with van der Waals surface area (Å²) in [5, 5.41) is 4.27. The van der Waals surface area contributed by atoms with E-state index in [1.807, 2.05) is 39.0 Å². The Bertz CT molecular complexity index is 552. The van der Waals surface area contributed by atoms with E-state index in [-0.39, 0.29) is 6.09 Å². The van der Waals surface area contributed by atoms with Gasteiger partial charge >= 0.3 is 6.09 Å². The van der Waals surface area contributed by atoms with Gasteiger partial charge in [-0.1, -0.05) is 17.7 Å². The number of halogens is 2. The minimum Gasteiger partial charge on any atom is -0.444 e. The van der Waals surface area contributed by atoms with Crippen LogP contribution in [0.25, 0.3) is 0 Å². The quantitative estimate of drug-likeness (QED) is 0.802. The first-order chi connectivity index (χ1) is 10.7. The zero-order valence-electron chi connectivity index (χ0n) is 13.9. The van der Waals surface area contributed by atoms with E-state index in [9.17, 15) is 4.79 Å². The molecule has 1 heterocycles. The van der Waals surface area contributed by atoms with Crippen LogP contribution >= 0.6 is 27.5 Å². The number of hydrogen-bond donors (Lipinski definition) is 1. The number of amides is 1. The molecule has 0 aliphatic carbocycles. The molecule has 0 radical (unpaired) electrons. The predicted octanol–water partition coefficient (Wildman–Crippen LogP) is 4.59. The number of carbonyl (C=O) groups is 1. The Labute approximate surface area is 151 Å². The number of ether oxygens (including phenoxy) is 1. The van der Waals surface area contributed by atoms with Crippen molar-refractivity contribution >= 4 is 33.6 Å². The molecule has 0 unspecified atom stereocenters. The highest BCUT2D eigenvalue weighted by molar-refractivity contribution is 9.10. The molecular formula is C17H24BrClN2O2. The fraction of sp³-hybridized carbons (Fsp3) is 0.588. The number of hydrogen-bond acceptors (Lipinski definition) is 3. The second kappa shape index (κ2) is 7.86. The van der Waals surface area contributed by atoms with Crippen LogP contribution in [0.3, 0.4) is 0 Å². The molecule has 6 heteroatoms. The van der Waals surface area contributed by atoms with Crippen molar-refractivity contribution in [2.75, 3.05) is 13.1 Å². The number of carbonyl (C=O) groups excluding carboxylic acids is 1. The number of piperidine rings is 1. The van der Waals surface area contributed by atoms with Crippen molar-refractivity contribution < 1.29 is 9.53 Å². The lowest BCUT2D eigenvalue weighted by Crippen LogP contribution is -2.46. The Morgan fingerprint density at radius 3 is 2.61 bits per heavy atom. The molecule has 1 aliphatic rings. The largest absolute Gasteiger partial charge is 0.444 e. The lowest BCUT2D eigenvalue weighted by Gasteiger charge is -2.33. The predicted molar refractivity (Wildman–Crippen MR) is 96.8 cm³/mol. The lowest BCUT2D eigenvalue weighted by atomic mass is 10.0. The third-order valence-corrected chi connectivity index (χ3v) is 4.94. The van der Waals surface area contributed by atoms with Crippen molar-refractivity contribution in [3.05, 3.63) is 33.3 Å². The normalized spacial score (nSPS) is 16.5. The molecule has 1 saturated heterocycles. The Morgan fingerprint density at radius 2 is 2.04 bits per heavy atom. The first kappa shape index (κ1) is 18.6. The van der Waals surface area contributed by atoms with Crippen LogP contribution in [0.2, 0.25) is 5.02 Å². The van der Waals surface area contributed by atoms with Crippen molar-refractivity contribution in [1.29, 1.82) is 0 Å². The van der Waals surface area contributed by atoms with Crippen molar-refractivity contribution in [3.63, 3.8) is 0 Å². The third-order valence-electron chi connectivity index (χ3n) is 3.73. The van der Waals surface area contributed by atoms with Crippen LogP contribution in [0.4, 0.5) is 4.79 Å². The van der Waals surface area contributed by atoms with Gasteiger partial charge in [-0.05, 0) is 67.2 Å². The van der Waals surface area contributed by atoms with E-state index in [0.29, 0.717) is 6.04 Å². The molecule has 1 fully saturated rings. The van der Waals surface area contributed by atoms with Gasteiger partial charge < -0.3 is 15.0 Å². The molecule has 0 atom stereocenters. The van der Waals surface area contributed by atoms with E-state index in [0.717, 1.165) is 42.0 Å². The minimum absolute atomic E-state index is 0.211. The molecule has 0 spiro atoms. The van der Waals surface area contributed by atoms with Crippen LogP contribution in [-0.2, 0) is 11.3 Å². The third kappa shape index (κ3) is 5.98. The summed E-state index contributed by atoms with van der Waals surface area (Å²) in [6.45, 7) is 7.94. The van der Waals surface area contributed by atoms with Gasteiger partial charge in [-0.3, -0.25) is 0 Å². The standard InChI is InChI=1S/C17H24BrClN2O2/c1-17(2,3)23-16(22)21-8-6-13(7-9-21)20-11-12-4-5-15(19)14(18)10-12/h4-5,10,13,20H,6-9,11H2,1-3H3. The molecule has 23 heavy (non-hydrogen) atoms. The second-order valence-corrected chi connectivity index (χ2v) is 8.13. The van der Waals surface area contributed by atoms with Gasteiger partial charge in [0.2, 0.25) is 0 Å². The summed E-state index contributed by atoms with van der Waals surface area (Å²) in [4.78, 5) is 13.8. The van der Waals surface area contributed by atoms with Gasteiger partial charge in [0.15, 0.2) is 0 Å². The fourth-order valence-electron chi connectivity index (χ4n) is 2.50. The Balaban J connectivity index is 1.76. The summed E-state index contributed by atoms with van der Waals surface area (Å²) in [7, 11) is 0. The van der Waals surface area contributed by atoms with Crippen molar-refractivity contribution in [2.45, 2.75) is 51.8 Å². The number of benzene rings is 1. The average molecular weight is 404 g/mol. The molecule has 1 N–H and O–H groups in total. The van der Waals surface area contributed by atoms with Crippen LogP contribution < -0.4 is 5.32 Å². The zero-order chi connectivity index (χ0) is 17.0. The van der Waals surface area contributed by atoms with E-state index in [1.54, 1.807) is 4.90 Å².